The largest absolute Gasteiger partial charge is 0.451 e. The number of carbonyl (C=O) groups excluding carboxylic acids is 1. The van der Waals surface area contributed by atoms with E-state index in [9.17, 15) is 4.79 Å². The molecule has 1 aromatic heterocycles. The topological polar surface area (TPSA) is 42.2 Å². The van der Waals surface area contributed by atoms with E-state index in [1.165, 1.54) is 12.8 Å². The molecule has 4 heteroatoms. The zero-order valence-corrected chi connectivity index (χ0v) is 13.0. The van der Waals surface area contributed by atoms with Crippen LogP contribution in [0.25, 0.3) is 11.0 Å². The average Bonchev–Trinajstić information content (AvgIpc) is 2.89. The third-order valence-corrected chi connectivity index (χ3v) is 4.81. The molecule has 3 rings (SSSR count). The van der Waals surface area contributed by atoms with Crippen molar-refractivity contribution in [2.45, 2.75) is 38.0 Å². The molecule has 1 aliphatic carbocycles. The number of nitrogens with one attached hydrogen (secondary N) is 1. The Bertz CT molecular complexity index is 649. The van der Waals surface area contributed by atoms with Crippen LogP contribution < -0.4 is 5.32 Å². The highest BCUT2D eigenvalue weighted by atomic mass is 35.5. The fraction of sp³-hybridized carbons (Fsp3) is 0.471. The fourth-order valence-corrected chi connectivity index (χ4v) is 3.35. The lowest BCUT2D eigenvalue weighted by molar-refractivity contribution is 0.0918. The van der Waals surface area contributed by atoms with Gasteiger partial charge in [0.05, 0.1) is 0 Å². The lowest BCUT2D eigenvalue weighted by atomic mass is 9.89. The molecule has 1 saturated carbocycles. The summed E-state index contributed by atoms with van der Waals surface area (Å²) in [6, 6.07) is 7.70. The summed E-state index contributed by atoms with van der Waals surface area (Å²) in [5, 5.41) is 4.10. The number of fused-ring (bicyclic) bond motifs is 1. The van der Waals surface area contributed by atoms with Crippen LogP contribution in [0.3, 0.4) is 0 Å². The Balaban J connectivity index is 1.66. The van der Waals surface area contributed by atoms with E-state index in [4.69, 9.17) is 16.0 Å². The number of benzene rings is 1. The van der Waals surface area contributed by atoms with Gasteiger partial charge in [-0.1, -0.05) is 24.5 Å². The van der Waals surface area contributed by atoms with Gasteiger partial charge in [0.25, 0.3) is 5.91 Å². The van der Waals surface area contributed by atoms with E-state index in [1.807, 2.05) is 25.1 Å². The minimum Gasteiger partial charge on any atom is -0.451 e. The number of hydrogen-bond donors (Lipinski definition) is 1. The molecule has 3 nitrogen and oxygen atoms in total. The Hall–Kier alpha value is -1.48. The van der Waals surface area contributed by atoms with Crippen molar-refractivity contribution in [2.24, 2.45) is 5.92 Å². The molecule has 2 aromatic rings. The van der Waals surface area contributed by atoms with Gasteiger partial charge < -0.3 is 9.73 Å². The summed E-state index contributed by atoms with van der Waals surface area (Å²) < 4.78 is 5.61. The van der Waals surface area contributed by atoms with Crippen molar-refractivity contribution in [3.8, 4) is 0 Å². The predicted molar refractivity (Wildman–Crippen MR) is 84.9 cm³/mol. The van der Waals surface area contributed by atoms with Gasteiger partial charge in [-0.15, -0.1) is 11.6 Å². The number of rotatable bonds is 3. The Morgan fingerprint density at radius 3 is 2.95 bits per heavy atom. The normalized spacial score (nSPS) is 22.4. The summed E-state index contributed by atoms with van der Waals surface area (Å²) in [5.41, 5.74) is 1.90. The highest BCUT2D eigenvalue weighted by molar-refractivity contribution is 6.20. The van der Waals surface area contributed by atoms with E-state index in [0.29, 0.717) is 18.2 Å². The molecule has 2 atom stereocenters. The number of alkyl halides is 1. The zero-order valence-electron chi connectivity index (χ0n) is 12.2. The van der Waals surface area contributed by atoms with Crippen molar-refractivity contribution in [2.75, 3.05) is 6.54 Å². The van der Waals surface area contributed by atoms with Gasteiger partial charge >= 0.3 is 0 Å². The van der Waals surface area contributed by atoms with Gasteiger partial charge in [0.1, 0.15) is 5.58 Å². The second kappa shape index (κ2) is 6.10. The maximum Gasteiger partial charge on any atom is 0.287 e. The second-order valence-electron chi connectivity index (χ2n) is 5.92. The lowest BCUT2D eigenvalue weighted by Crippen LogP contribution is -2.34. The number of furan rings is 1. The summed E-state index contributed by atoms with van der Waals surface area (Å²) in [5.74, 6) is 0.590. The molecule has 1 aliphatic rings. The Labute approximate surface area is 129 Å². The standard InChI is InChI=1S/C17H20ClNO2/c1-11-6-7-15-13(8-11)9-16(21-15)17(20)19-10-12-4-2-3-5-14(12)18/h6-9,12,14H,2-5,10H2,1H3,(H,19,20). The van der Waals surface area contributed by atoms with Crippen LogP contribution in [-0.4, -0.2) is 17.8 Å². The monoisotopic (exact) mass is 305 g/mol. The number of hydrogen-bond acceptors (Lipinski definition) is 2. The van der Waals surface area contributed by atoms with Crippen LogP contribution in [0.15, 0.2) is 28.7 Å². The molecule has 1 aromatic carbocycles. The maximum atomic E-state index is 12.2. The minimum absolute atomic E-state index is 0.154. The minimum atomic E-state index is -0.154. The van der Waals surface area contributed by atoms with Crippen LogP contribution in [0.2, 0.25) is 0 Å². The van der Waals surface area contributed by atoms with Crippen LogP contribution >= 0.6 is 11.6 Å². The highest BCUT2D eigenvalue weighted by Gasteiger charge is 2.24. The van der Waals surface area contributed by atoms with E-state index in [1.54, 1.807) is 6.07 Å². The first-order valence-electron chi connectivity index (χ1n) is 7.56. The Morgan fingerprint density at radius 2 is 2.14 bits per heavy atom. The molecule has 0 bridgehead atoms. The first kappa shape index (κ1) is 14.5. The molecule has 1 amide bonds. The lowest BCUT2D eigenvalue weighted by Gasteiger charge is -2.26. The maximum absolute atomic E-state index is 12.2. The SMILES string of the molecule is Cc1ccc2oc(C(=O)NCC3CCCCC3Cl)cc2c1. The molecule has 21 heavy (non-hydrogen) atoms. The molecular weight excluding hydrogens is 286 g/mol. The first-order valence-corrected chi connectivity index (χ1v) is 7.99. The van der Waals surface area contributed by atoms with Crippen molar-refractivity contribution in [3.05, 3.63) is 35.6 Å². The predicted octanol–water partition coefficient (Wildman–Crippen LogP) is 4.27. The van der Waals surface area contributed by atoms with Gasteiger partial charge in [-0.2, -0.15) is 0 Å². The zero-order chi connectivity index (χ0) is 14.8. The summed E-state index contributed by atoms with van der Waals surface area (Å²) in [7, 11) is 0. The molecule has 1 heterocycles. The Morgan fingerprint density at radius 1 is 1.33 bits per heavy atom. The van der Waals surface area contributed by atoms with Crippen molar-refractivity contribution < 1.29 is 9.21 Å². The van der Waals surface area contributed by atoms with E-state index in [-0.39, 0.29) is 11.3 Å². The van der Waals surface area contributed by atoms with E-state index in [0.717, 1.165) is 29.4 Å². The summed E-state index contributed by atoms with van der Waals surface area (Å²) in [4.78, 5) is 12.2. The van der Waals surface area contributed by atoms with E-state index >= 15 is 0 Å². The molecule has 0 aliphatic heterocycles. The van der Waals surface area contributed by atoms with Crippen LogP contribution in [-0.2, 0) is 0 Å². The number of amides is 1. The third kappa shape index (κ3) is 3.24. The van der Waals surface area contributed by atoms with Gasteiger partial charge in [-0.3, -0.25) is 4.79 Å². The summed E-state index contributed by atoms with van der Waals surface area (Å²) >= 11 is 6.32. The van der Waals surface area contributed by atoms with Gasteiger partial charge in [-0.25, -0.2) is 0 Å². The number of carbonyl (C=O) groups is 1. The summed E-state index contributed by atoms with van der Waals surface area (Å²) in [6.45, 7) is 2.65. The third-order valence-electron chi connectivity index (χ3n) is 4.24. The van der Waals surface area contributed by atoms with Crippen molar-refractivity contribution in [3.63, 3.8) is 0 Å². The van der Waals surface area contributed by atoms with Gasteiger partial charge in [0.15, 0.2) is 5.76 Å². The van der Waals surface area contributed by atoms with Crippen LogP contribution in [0.4, 0.5) is 0 Å². The molecule has 2 unspecified atom stereocenters. The fourth-order valence-electron chi connectivity index (χ4n) is 2.98. The van der Waals surface area contributed by atoms with Crippen molar-refractivity contribution >= 4 is 28.5 Å². The van der Waals surface area contributed by atoms with Gasteiger partial charge in [-0.05, 0) is 43.9 Å². The molecule has 1 fully saturated rings. The van der Waals surface area contributed by atoms with Crippen LogP contribution in [0, 0.1) is 12.8 Å². The van der Waals surface area contributed by atoms with E-state index in [2.05, 4.69) is 5.32 Å². The second-order valence-corrected chi connectivity index (χ2v) is 6.48. The molecule has 0 saturated heterocycles. The van der Waals surface area contributed by atoms with Crippen LogP contribution in [0.5, 0.6) is 0 Å². The molecule has 1 N–H and O–H groups in total. The Kier molecular flexibility index (Phi) is 4.20. The highest BCUT2D eigenvalue weighted by Crippen LogP contribution is 2.28. The van der Waals surface area contributed by atoms with Crippen molar-refractivity contribution in [1.82, 2.24) is 5.32 Å². The molecule has 112 valence electrons. The average molecular weight is 306 g/mol. The quantitative estimate of drug-likeness (QED) is 0.861. The first-order chi connectivity index (χ1) is 10.1. The molecule has 0 spiro atoms. The van der Waals surface area contributed by atoms with Crippen LogP contribution in [0.1, 0.15) is 41.8 Å². The smallest absolute Gasteiger partial charge is 0.287 e. The summed E-state index contributed by atoms with van der Waals surface area (Å²) in [6.07, 6.45) is 4.54. The van der Waals surface area contributed by atoms with Gasteiger partial charge in [0, 0.05) is 17.3 Å². The number of halogens is 1. The molecule has 0 radical (unpaired) electrons. The van der Waals surface area contributed by atoms with Gasteiger partial charge in [0.2, 0.25) is 0 Å². The molecular formula is C17H20ClNO2. The number of aryl methyl sites for hydroxylation is 1. The van der Waals surface area contributed by atoms with E-state index < -0.39 is 0 Å². The van der Waals surface area contributed by atoms with Crippen molar-refractivity contribution in [1.29, 1.82) is 0 Å².